The molecule has 1 unspecified atom stereocenters. The molecule has 1 atom stereocenters. The van der Waals surface area contributed by atoms with Gasteiger partial charge in [-0.3, -0.25) is 4.99 Å². The standard InChI is InChI=1S/C18H29N3OS.HI/c1-18(2,14-7-9-15(22-4)10-8-14)13-21-17(19-3)20-12-16-6-5-11-23-16;/h7-10,16H,5-6,11-13H2,1-4H3,(H2,19,20,21);1H. The van der Waals surface area contributed by atoms with E-state index in [1.54, 1.807) is 7.11 Å². The lowest BCUT2D eigenvalue weighted by Crippen LogP contribution is -2.45. The second kappa shape index (κ2) is 10.4. The van der Waals surface area contributed by atoms with Crippen LogP contribution in [-0.4, -0.2) is 44.2 Å². The van der Waals surface area contributed by atoms with Crippen molar-refractivity contribution in [3.63, 3.8) is 0 Å². The third-order valence-corrected chi connectivity index (χ3v) is 5.71. The molecule has 24 heavy (non-hydrogen) atoms. The molecule has 1 aliphatic heterocycles. The molecule has 136 valence electrons. The SMILES string of the molecule is CN=C(NCC1CCCS1)NCC(C)(C)c1ccc(OC)cc1.I. The van der Waals surface area contributed by atoms with E-state index >= 15 is 0 Å². The fourth-order valence-electron chi connectivity index (χ4n) is 2.69. The highest BCUT2D eigenvalue weighted by Gasteiger charge is 2.21. The number of methoxy groups -OCH3 is 1. The highest BCUT2D eigenvalue weighted by Crippen LogP contribution is 2.26. The van der Waals surface area contributed by atoms with Gasteiger partial charge in [0.25, 0.3) is 0 Å². The fraction of sp³-hybridized carbons (Fsp3) is 0.611. The van der Waals surface area contributed by atoms with Crippen LogP contribution in [0.3, 0.4) is 0 Å². The van der Waals surface area contributed by atoms with Crippen LogP contribution in [0, 0.1) is 0 Å². The zero-order valence-corrected chi connectivity index (χ0v) is 18.2. The lowest BCUT2D eigenvalue weighted by atomic mass is 9.84. The lowest BCUT2D eigenvalue weighted by molar-refractivity contribution is 0.414. The molecule has 0 radical (unpaired) electrons. The number of guanidine groups is 1. The third-order valence-electron chi connectivity index (χ3n) is 4.31. The average molecular weight is 463 g/mol. The van der Waals surface area contributed by atoms with Crippen LogP contribution in [0.5, 0.6) is 5.75 Å². The lowest BCUT2D eigenvalue weighted by Gasteiger charge is -2.27. The van der Waals surface area contributed by atoms with Crippen molar-refractivity contribution in [2.24, 2.45) is 4.99 Å². The Hall–Kier alpha value is -0.630. The first-order valence-electron chi connectivity index (χ1n) is 8.26. The normalized spacial score (nSPS) is 18.0. The number of nitrogens with zero attached hydrogens (tertiary/aromatic N) is 1. The van der Waals surface area contributed by atoms with E-state index in [0.717, 1.165) is 30.0 Å². The van der Waals surface area contributed by atoms with Crippen molar-refractivity contribution in [1.82, 2.24) is 10.6 Å². The molecule has 0 bridgehead atoms. The second-order valence-electron chi connectivity index (χ2n) is 6.55. The van der Waals surface area contributed by atoms with Gasteiger partial charge in [-0.1, -0.05) is 26.0 Å². The minimum atomic E-state index is 0. The number of benzene rings is 1. The van der Waals surface area contributed by atoms with E-state index in [-0.39, 0.29) is 29.4 Å². The topological polar surface area (TPSA) is 45.7 Å². The molecule has 1 aromatic rings. The Bertz CT molecular complexity index is 514. The minimum Gasteiger partial charge on any atom is -0.497 e. The Morgan fingerprint density at radius 2 is 2.00 bits per heavy atom. The van der Waals surface area contributed by atoms with Crippen molar-refractivity contribution in [2.75, 3.05) is 33.0 Å². The Labute approximate surface area is 167 Å². The quantitative estimate of drug-likeness (QED) is 0.384. The van der Waals surface area contributed by atoms with Crippen LogP contribution in [-0.2, 0) is 5.41 Å². The zero-order valence-electron chi connectivity index (χ0n) is 15.1. The second-order valence-corrected chi connectivity index (χ2v) is 7.96. The predicted molar refractivity (Wildman–Crippen MR) is 116 cm³/mol. The number of ether oxygens (including phenoxy) is 1. The van der Waals surface area contributed by atoms with Gasteiger partial charge in [-0.2, -0.15) is 11.8 Å². The monoisotopic (exact) mass is 463 g/mol. The van der Waals surface area contributed by atoms with Crippen LogP contribution >= 0.6 is 35.7 Å². The van der Waals surface area contributed by atoms with Gasteiger partial charge in [0.05, 0.1) is 7.11 Å². The number of thioether (sulfide) groups is 1. The predicted octanol–water partition coefficient (Wildman–Crippen LogP) is 3.65. The molecule has 6 heteroatoms. The first-order chi connectivity index (χ1) is 11.0. The van der Waals surface area contributed by atoms with Crippen molar-refractivity contribution in [1.29, 1.82) is 0 Å². The Kier molecular flexibility index (Phi) is 9.26. The van der Waals surface area contributed by atoms with E-state index in [4.69, 9.17) is 4.74 Å². The summed E-state index contributed by atoms with van der Waals surface area (Å²) in [6.45, 7) is 6.30. The summed E-state index contributed by atoms with van der Waals surface area (Å²) in [4.78, 5) is 4.34. The first-order valence-corrected chi connectivity index (χ1v) is 9.30. The van der Waals surface area contributed by atoms with Gasteiger partial charge in [0.15, 0.2) is 5.96 Å². The van der Waals surface area contributed by atoms with Crippen LogP contribution < -0.4 is 15.4 Å². The van der Waals surface area contributed by atoms with Gasteiger partial charge in [0, 0.05) is 30.8 Å². The van der Waals surface area contributed by atoms with E-state index in [2.05, 4.69) is 53.4 Å². The Morgan fingerprint density at radius 3 is 2.54 bits per heavy atom. The molecule has 1 heterocycles. The minimum absolute atomic E-state index is 0. The van der Waals surface area contributed by atoms with Crippen molar-refractivity contribution in [3.8, 4) is 5.75 Å². The smallest absolute Gasteiger partial charge is 0.191 e. The largest absolute Gasteiger partial charge is 0.497 e. The summed E-state index contributed by atoms with van der Waals surface area (Å²) in [5.74, 6) is 3.08. The van der Waals surface area contributed by atoms with E-state index in [1.165, 1.54) is 24.2 Å². The Balaban J connectivity index is 0.00000288. The molecule has 1 aliphatic rings. The summed E-state index contributed by atoms with van der Waals surface area (Å²) in [5.41, 5.74) is 1.30. The number of hydrogen-bond donors (Lipinski definition) is 2. The summed E-state index contributed by atoms with van der Waals surface area (Å²) in [6.07, 6.45) is 2.65. The fourth-order valence-corrected chi connectivity index (χ4v) is 3.89. The van der Waals surface area contributed by atoms with Gasteiger partial charge in [0.2, 0.25) is 0 Å². The average Bonchev–Trinajstić information content (AvgIpc) is 3.08. The number of hydrogen-bond acceptors (Lipinski definition) is 3. The maximum atomic E-state index is 5.23. The molecule has 0 saturated carbocycles. The maximum absolute atomic E-state index is 5.23. The van der Waals surface area contributed by atoms with Gasteiger partial charge in [0.1, 0.15) is 5.75 Å². The Morgan fingerprint density at radius 1 is 1.29 bits per heavy atom. The van der Waals surface area contributed by atoms with E-state index in [1.807, 2.05) is 19.2 Å². The molecule has 2 rings (SSSR count). The molecule has 1 saturated heterocycles. The summed E-state index contributed by atoms with van der Waals surface area (Å²) in [6, 6.07) is 8.29. The van der Waals surface area contributed by atoms with Gasteiger partial charge in [-0.05, 0) is 36.3 Å². The molecule has 0 spiro atoms. The highest BCUT2D eigenvalue weighted by molar-refractivity contribution is 14.0. The third kappa shape index (κ3) is 6.35. The summed E-state index contributed by atoms with van der Waals surface area (Å²) in [5, 5.41) is 7.64. The van der Waals surface area contributed by atoms with Crippen LogP contribution in [0.15, 0.2) is 29.3 Å². The zero-order chi connectivity index (χ0) is 16.7. The van der Waals surface area contributed by atoms with Gasteiger partial charge in [-0.15, -0.1) is 24.0 Å². The number of halogens is 1. The first kappa shape index (κ1) is 21.4. The molecule has 0 aromatic heterocycles. The molecule has 1 aromatic carbocycles. The van der Waals surface area contributed by atoms with Crippen molar-refractivity contribution in [3.05, 3.63) is 29.8 Å². The molecule has 1 fully saturated rings. The van der Waals surface area contributed by atoms with Crippen LogP contribution in [0.1, 0.15) is 32.3 Å². The van der Waals surface area contributed by atoms with Crippen molar-refractivity contribution < 1.29 is 4.74 Å². The van der Waals surface area contributed by atoms with E-state index in [9.17, 15) is 0 Å². The summed E-state index contributed by atoms with van der Waals surface area (Å²) in [7, 11) is 3.53. The van der Waals surface area contributed by atoms with Gasteiger partial charge >= 0.3 is 0 Å². The van der Waals surface area contributed by atoms with Crippen molar-refractivity contribution >= 4 is 41.7 Å². The molecule has 0 amide bonds. The molecular weight excluding hydrogens is 433 g/mol. The molecule has 0 aliphatic carbocycles. The van der Waals surface area contributed by atoms with Crippen LogP contribution in [0.4, 0.5) is 0 Å². The van der Waals surface area contributed by atoms with E-state index in [0.29, 0.717) is 0 Å². The summed E-state index contributed by atoms with van der Waals surface area (Å²) >= 11 is 2.06. The molecule has 2 N–H and O–H groups in total. The van der Waals surface area contributed by atoms with Crippen LogP contribution in [0.2, 0.25) is 0 Å². The number of rotatable bonds is 6. The van der Waals surface area contributed by atoms with Crippen molar-refractivity contribution in [2.45, 2.75) is 37.4 Å². The van der Waals surface area contributed by atoms with E-state index < -0.39 is 0 Å². The van der Waals surface area contributed by atoms with Gasteiger partial charge < -0.3 is 15.4 Å². The highest BCUT2D eigenvalue weighted by atomic mass is 127. The maximum Gasteiger partial charge on any atom is 0.191 e. The summed E-state index contributed by atoms with van der Waals surface area (Å²) < 4.78 is 5.23. The number of nitrogens with one attached hydrogen (secondary N) is 2. The van der Waals surface area contributed by atoms with Crippen LogP contribution in [0.25, 0.3) is 0 Å². The number of aliphatic imine (C=N–C) groups is 1. The molecule has 4 nitrogen and oxygen atoms in total. The molecular formula is C18H30IN3OS. The van der Waals surface area contributed by atoms with Gasteiger partial charge in [-0.25, -0.2) is 0 Å².